The van der Waals surface area contributed by atoms with E-state index >= 15 is 0 Å². The predicted molar refractivity (Wildman–Crippen MR) is 66.0 cm³/mol. The number of rotatable bonds is 6. The van der Waals surface area contributed by atoms with E-state index in [1.807, 2.05) is 12.3 Å². The fraction of sp³-hybridized carbons (Fsp3) is 0.667. The number of hydrogen-bond acceptors (Lipinski definition) is 5. The standard InChI is InChI=1S/C9H17N3O2S2/c1-8-11-9(7-15-8)6-10-4-5-16(13,14)12(2)3/h7,10H,4-6H2,1-3H3. The highest BCUT2D eigenvalue weighted by Crippen LogP contribution is 2.07. The van der Waals surface area contributed by atoms with Crippen LogP contribution in [-0.4, -0.2) is 44.1 Å². The van der Waals surface area contributed by atoms with Gasteiger partial charge in [-0.15, -0.1) is 11.3 Å². The second-order valence-electron chi connectivity index (χ2n) is 3.63. The zero-order valence-electron chi connectivity index (χ0n) is 9.73. The van der Waals surface area contributed by atoms with E-state index in [0.717, 1.165) is 10.7 Å². The van der Waals surface area contributed by atoms with Crippen molar-refractivity contribution in [1.29, 1.82) is 0 Å². The zero-order chi connectivity index (χ0) is 12.2. The van der Waals surface area contributed by atoms with E-state index in [0.29, 0.717) is 13.1 Å². The van der Waals surface area contributed by atoms with Gasteiger partial charge in [-0.1, -0.05) is 0 Å². The largest absolute Gasteiger partial charge is 0.310 e. The summed E-state index contributed by atoms with van der Waals surface area (Å²) in [4.78, 5) is 4.28. The monoisotopic (exact) mass is 263 g/mol. The van der Waals surface area contributed by atoms with Gasteiger partial charge in [0.2, 0.25) is 10.0 Å². The summed E-state index contributed by atoms with van der Waals surface area (Å²) >= 11 is 1.60. The van der Waals surface area contributed by atoms with E-state index < -0.39 is 10.0 Å². The molecule has 0 aliphatic heterocycles. The van der Waals surface area contributed by atoms with Crippen molar-refractivity contribution in [3.05, 3.63) is 16.1 Å². The molecule has 92 valence electrons. The molecule has 0 unspecified atom stereocenters. The molecule has 1 N–H and O–H groups in total. The third kappa shape index (κ3) is 4.17. The number of aromatic nitrogens is 1. The molecule has 1 heterocycles. The molecule has 0 saturated carbocycles. The van der Waals surface area contributed by atoms with Crippen molar-refractivity contribution < 1.29 is 8.42 Å². The Kier molecular flexibility index (Phi) is 4.85. The fourth-order valence-electron chi connectivity index (χ4n) is 1.09. The van der Waals surface area contributed by atoms with Crippen molar-refractivity contribution in [3.63, 3.8) is 0 Å². The third-order valence-electron chi connectivity index (χ3n) is 2.07. The number of nitrogens with one attached hydrogen (secondary N) is 1. The molecule has 0 aliphatic rings. The molecule has 0 aliphatic carbocycles. The normalized spacial score (nSPS) is 12.2. The Morgan fingerprint density at radius 3 is 2.69 bits per heavy atom. The van der Waals surface area contributed by atoms with Gasteiger partial charge in [-0.3, -0.25) is 0 Å². The number of sulfonamides is 1. The van der Waals surface area contributed by atoms with Crippen LogP contribution in [0.3, 0.4) is 0 Å². The van der Waals surface area contributed by atoms with E-state index in [4.69, 9.17) is 0 Å². The van der Waals surface area contributed by atoms with Crippen LogP contribution in [0.25, 0.3) is 0 Å². The first-order valence-corrected chi connectivity index (χ1v) is 7.42. The van der Waals surface area contributed by atoms with Crippen LogP contribution in [0.15, 0.2) is 5.38 Å². The van der Waals surface area contributed by atoms with Crippen LogP contribution in [0, 0.1) is 6.92 Å². The molecule has 0 atom stereocenters. The second-order valence-corrected chi connectivity index (χ2v) is 7.00. The Morgan fingerprint density at radius 2 is 2.19 bits per heavy atom. The summed E-state index contributed by atoms with van der Waals surface area (Å²) in [5, 5.41) is 6.06. The Bertz CT molecular complexity index is 426. The van der Waals surface area contributed by atoms with Gasteiger partial charge in [0.05, 0.1) is 16.5 Å². The Morgan fingerprint density at radius 1 is 1.50 bits per heavy atom. The van der Waals surface area contributed by atoms with Gasteiger partial charge in [-0.2, -0.15) is 0 Å². The van der Waals surface area contributed by atoms with Crippen LogP contribution in [0.1, 0.15) is 10.7 Å². The van der Waals surface area contributed by atoms with Gasteiger partial charge in [-0.05, 0) is 6.92 Å². The summed E-state index contributed by atoms with van der Waals surface area (Å²) in [5.74, 6) is 0.114. The summed E-state index contributed by atoms with van der Waals surface area (Å²) in [6.07, 6.45) is 0. The van der Waals surface area contributed by atoms with Crippen molar-refractivity contribution in [1.82, 2.24) is 14.6 Å². The van der Waals surface area contributed by atoms with Gasteiger partial charge in [-0.25, -0.2) is 17.7 Å². The number of nitrogens with zero attached hydrogens (tertiary/aromatic N) is 2. The van der Waals surface area contributed by atoms with E-state index in [9.17, 15) is 8.42 Å². The minimum atomic E-state index is -3.09. The number of hydrogen-bond donors (Lipinski definition) is 1. The highest BCUT2D eigenvalue weighted by atomic mass is 32.2. The Hall–Kier alpha value is -0.500. The molecule has 1 rings (SSSR count). The summed E-state index contributed by atoms with van der Waals surface area (Å²) in [7, 11) is -0.0128. The maximum Gasteiger partial charge on any atom is 0.214 e. The summed E-state index contributed by atoms with van der Waals surface area (Å²) in [5.41, 5.74) is 0.963. The predicted octanol–water partition coefficient (Wildman–Crippen LogP) is 0.433. The minimum absolute atomic E-state index is 0.114. The second kappa shape index (κ2) is 5.72. The van der Waals surface area contributed by atoms with E-state index in [1.54, 1.807) is 25.4 Å². The average molecular weight is 263 g/mol. The van der Waals surface area contributed by atoms with Crippen LogP contribution >= 0.6 is 11.3 Å². The summed E-state index contributed by atoms with van der Waals surface area (Å²) < 4.78 is 24.1. The molecular weight excluding hydrogens is 246 g/mol. The van der Waals surface area contributed by atoms with Gasteiger partial charge < -0.3 is 5.32 Å². The molecule has 0 aromatic carbocycles. The van der Waals surface area contributed by atoms with Crippen LogP contribution in [0.2, 0.25) is 0 Å². The molecule has 16 heavy (non-hydrogen) atoms. The summed E-state index contributed by atoms with van der Waals surface area (Å²) in [6, 6.07) is 0. The molecular formula is C9H17N3O2S2. The highest BCUT2D eigenvalue weighted by molar-refractivity contribution is 7.89. The van der Waals surface area contributed by atoms with E-state index in [2.05, 4.69) is 10.3 Å². The van der Waals surface area contributed by atoms with Crippen LogP contribution < -0.4 is 5.32 Å². The molecule has 0 spiro atoms. The SMILES string of the molecule is Cc1nc(CNCCS(=O)(=O)N(C)C)cs1. The first-order chi connectivity index (χ1) is 7.42. The van der Waals surface area contributed by atoms with Crippen LogP contribution in [0.4, 0.5) is 0 Å². The highest BCUT2D eigenvalue weighted by Gasteiger charge is 2.12. The average Bonchev–Trinajstić information content (AvgIpc) is 2.59. The number of aryl methyl sites for hydroxylation is 1. The summed E-state index contributed by atoms with van der Waals surface area (Å²) in [6.45, 7) is 3.01. The molecule has 0 saturated heterocycles. The zero-order valence-corrected chi connectivity index (χ0v) is 11.4. The van der Waals surface area contributed by atoms with Crippen LogP contribution in [-0.2, 0) is 16.6 Å². The Balaban J connectivity index is 2.27. The van der Waals surface area contributed by atoms with Gasteiger partial charge in [0.1, 0.15) is 0 Å². The lowest BCUT2D eigenvalue weighted by Gasteiger charge is -2.10. The topological polar surface area (TPSA) is 62.3 Å². The van der Waals surface area contributed by atoms with Gasteiger partial charge in [0, 0.05) is 32.6 Å². The third-order valence-corrected chi connectivity index (χ3v) is 4.72. The molecule has 0 amide bonds. The van der Waals surface area contributed by atoms with Crippen molar-refractivity contribution in [2.75, 3.05) is 26.4 Å². The van der Waals surface area contributed by atoms with E-state index in [-0.39, 0.29) is 5.75 Å². The minimum Gasteiger partial charge on any atom is -0.310 e. The quantitative estimate of drug-likeness (QED) is 0.756. The molecule has 1 aromatic heterocycles. The van der Waals surface area contributed by atoms with Gasteiger partial charge in [0.15, 0.2) is 0 Å². The van der Waals surface area contributed by atoms with Crippen molar-refractivity contribution in [2.45, 2.75) is 13.5 Å². The Labute approximate surface area is 101 Å². The van der Waals surface area contributed by atoms with Crippen molar-refractivity contribution >= 4 is 21.4 Å². The van der Waals surface area contributed by atoms with Gasteiger partial charge >= 0.3 is 0 Å². The lowest BCUT2D eigenvalue weighted by atomic mass is 10.5. The fourth-order valence-corrected chi connectivity index (χ4v) is 2.47. The maximum absolute atomic E-state index is 11.4. The molecule has 0 radical (unpaired) electrons. The van der Waals surface area contributed by atoms with Crippen LogP contribution in [0.5, 0.6) is 0 Å². The first kappa shape index (κ1) is 13.6. The molecule has 5 nitrogen and oxygen atoms in total. The smallest absolute Gasteiger partial charge is 0.214 e. The van der Waals surface area contributed by atoms with Gasteiger partial charge in [0.25, 0.3) is 0 Å². The van der Waals surface area contributed by atoms with Crippen molar-refractivity contribution in [3.8, 4) is 0 Å². The first-order valence-electron chi connectivity index (χ1n) is 4.94. The lowest BCUT2D eigenvalue weighted by Crippen LogP contribution is -2.31. The van der Waals surface area contributed by atoms with Crippen molar-refractivity contribution in [2.24, 2.45) is 0 Å². The number of thiazole rings is 1. The molecule has 0 bridgehead atoms. The van der Waals surface area contributed by atoms with E-state index in [1.165, 1.54) is 4.31 Å². The maximum atomic E-state index is 11.4. The lowest BCUT2D eigenvalue weighted by molar-refractivity contribution is 0.517. The molecule has 7 heteroatoms. The molecule has 1 aromatic rings. The molecule has 0 fully saturated rings.